The van der Waals surface area contributed by atoms with E-state index in [0.29, 0.717) is 22.6 Å². The lowest BCUT2D eigenvalue weighted by molar-refractivity contribution is -0.384. The molecule has 21 heavy (non-hydrogen) atoms. The van der Waals surface area contributed by atoms with E-state index >= 15 is 0 Å². The molecular weight excluding hydrogens is 268 g/mol. The third-order valence-corrected chi connectivity index (χ3v) is 4.10. The Hall–Kier alpha value is -2.24. The zero-order chi connectivity index (χ0) is 15.6. The van der Waals surface area contributed by atoms with Crippen molar-refractivity contribution >= 4 is 22.4 Å². The first-order chi connectivity index (χ1) is 9.81. The van der Waals surface area contributed by atoms with E-state index in [2.05, 4.69) is 43.0 Å². The number of nitrogens with one attached hydrogen (secondary N) is 1. The number of nitro benzene ring substituents is 1. The van der Waals surface area contributed by atoms with Gasteiger partial charge in [-0.1, -0.05) is 27.7 Å². The van der Waals surface area contributed by atoms with Gasteiger partial charge in [-0.05, 0) is 17.4 Å². The first-order valence-electron chi connectivity index (χ1n) is 6.94. The van der Waals surface area contributed by atoms with Gasteiger partial charge in [0.2, 0.25) is 0 Å². The monoisotopic (exact) mass is 288 g/mol. The maximum Gasteiger partial charge on any atom is 0.270 e. The number of anilines is 1. The zero-order valence-electron chi connectivity index (χ0n) is 12.8. The summed E-state index contributed by atoms with van der Waals surface area (Å²) in [4.78, 5) is 18.9. The van der Waals surface area contributed by atoms with Crippen molar-refractivity contribution in [3.63, 3.8) is 0 Å². The van der Waals surface area contributed by atoms with Crippen LogP contribution < -0.4 is 5.32 Å². The van der Waals surface area contributed by atoms with Crippen LogP contribution in [0.25, 0.3) is 10.9 Å². The van der Waals surface area contributed by atoms with Crippen LogP contribution in [0, 0.1) is 21.4 Å². The molecule has 0 aliphatic rings. The van der Waals surface area contributed by atoms with E-state index in [1.54, 1.807) is 6.07 Å². The highest BCUT2D eigenvalue weighted by molar-refractivity contribution is 5.90. The first kappa shape index (κ1) is 15.2. The van der Waals surface area contributed by atoms with Crippen molar-refractivity contribution in [1.82, 2.24) is 9.97 Å². The summed E-state index contributed by atoms with van der Waals surface area (Å²) in [6, 6.07) is 4.62. The number of hydrogen-bond acceptors (Lipinski definition) is 5. The van der Waals surface area contributed by atoms with E-state index < -0.39 is 4.92 Å². The molecule has 2 aromatic rings. The number of rotatable bonds is 5. The highest BCUT2D eigenvalue weighted by Crippen LogP contribution is 2.28. The largest absolute Gasteiger partial charge is 0.369 e. The van der Waals surface area contributed by atoms with Crippen molar-refractivity contribution in [2.75, 3.05) is 11.9 Å². The van der Waals surface area contributed by atoms with Crippen LogP contribution in [0.3, 0.4) is 0 Å². The lowest BCUT2D eigenvalue weighted by Gasteiger charge is -2.29. The fourth-order valence-electron chi connectivity index (χ4n) is 1.81. The van der Waals surface area contributed by atoms with E-state index in [1.165, 1.54) is 18.5 Å². The molecule has 1 heterocycles. The van der Waals surface area contributed by atoms with Crippen molar-refractivity contribution in [3.05, 3.63) is 34.6 Å². The second-order valence-electron chi connectivity index (χ2n) is 6.18. The van der Waals surface area contributed by atoms with E-state index in [9.17, 15) is 10.1 Å². The molecule has 0 aliphatic carbocycles. The molecule has 0 fully saturated rings. The molecule has 0 radical (unpaired) electrons. The Bertz CT molecular complexity index is 668. The lowest BCUT2D eigenvalue weighted by Crippen LogP contribution is -2.28. The molecule has 0 unspecified atom stereocenters. The Labute approximate surface area is 123 Å². The minimum Gasteiger partial charge on any atom is -0.369 e. The number of non-ortho nitro benzene ring substituents is 1. The summed E-state index contributed by atoms with van der Waals surface area (Å²) >= 11 is 0. The van der Waals surface area contributed by atoms with Crippen LogP contribution in [0.1, 0.15) is 27.7 Å². The highest BCUT2D eigenvalue weighted by atomic mass is 16.6. The van der Waals surface area contributed by atoms with Gasteiger partial charge in [-0.3, -0.25) is 10.1 Å². The maximum absolute atomic E-state index is 10.9. The molecule has 1 aromatic heterocycles. The molecule has 6 heteroatoms. The number of nitro groups is 1. The molecular formula is C15H20N4O2. The van der Waals surface area contributed by atoms with Crippen LogP contribution in [0.15, 0.2) is 24.5 Å². The van der Waals surface area contributed by atoms with E-state index in [4.69, 9.17) is 0 Å². The van der Waals surface area contributed by atoms with Gasteiger partial charge in [0.05, 0.1) is 10.4 Å². The minimum absolute atomic E-state index is 0.0449. The van der Waals surface area contributed by atoms with E-state index in [1.807, 2.05) is 0 Å². The summed E-state index contributed by atoms with van der Waals surface area (Å²) in [6.45, 7) is 9.43. The lowest BCUT2D eigenvalue weighted by atomic mass is 9.81. The van der Waals surface area contributed by atoms with Crippen LogP contribution >= 0.6 is 0 Å². The summed E-state index contributed by atoms with van der Waals surface area (Å²) in [7, 11) is 0. The van der Waals surface area contributed by atoms with Crippen molar-refractivity contribution in [2.45, 2.75) is 27.7 Å². The molecule has 0 saturated heterocycles. The van der Waals surface area contributed by atoms with Gasteiger partial charge >= 0.3 is 0 Å². The average molecular weight is 288 g/mol. The molecule has 0 amide bonds. The van der Waals surface area contributed by atoms with Gasteiger partial charge in [-0.15, -0.1) is 0 Å². The third-order valence-electron chi connectivity index (χ3n) is 4.10. The number of aromatic nitrogens is 2. The van der Waals surface area contributed by atoms with Gasteiger partial charge in [0.25, 0.3) is 5.69 Å². The predicted molar refractivity (Wildman–Crippen MR) is 83.3 cm³/mol. The molecule has 6 nitrogen and oxygen atoms in total. The normalized spacial score (nSPS) is 11.9. The fraction of sp³-hybridized carbons (Fsp3) is 0.467. The molecule has 0 spiro atoms. The highest BCUT2D eigenvalue weighted by Gasteiger charge is 2.22. The quantitative estimate of drug-likeness (QED) is 0.671. The Balaban J connectivity index is 2.35. The average Bonchev–Trinajstić information content (AvgIpc) is 2.44. The molecule has 0 aliphatic heterocycles. The van der Waals surface area contributed by atoms with Crippen molar-refractivity contribution in [1.29, 1.82) is 0 Å². The summed E-state index contributed by atoms with van der Waals surface area (Å²) in [5.74, 6) is 1.14. The molecule has 0 bridgehead atoms. The van der Waals surface area contributed by atoms with Crippen LogP contribution in [0.5, 0.6) is 0 Å². The molecule has 112 valence electrons. The molecule has 2 rings (SSSR count). The van der Waals surface area contributed by atoms with Gasteiger partial charge in [-0.25, -0.2) is 9.97 Å². The van der Waals surface area contributed by atoms with E-state index in [-0.39, 0.29) is 11.1 Å². The summed E-state index contributed by atoms with van der Waals surface area (Å²) in [5, 5.41) is 14.9. The van der Waals surface area contributed by atoms with E-state index in [0.717, 1.165) is 6.54 Å². The Morgan fingerprint density at radius 2 is 2.05 bits per heavy atom. The maximum atomic E-state index is 10.9. The van der Waals surface area contributed by atoms with Crippen molar-refractivity contribution in [2.24, 2.45) is 11.3 Å². The van der Waals surface area contributed by atoms with Crippen LogP contribution in [0.2, 0.25) is 0 Å². The summed E-state index contributed by atoms with van der Waals surface area (Å²) in [5.41, 5.74) is 0.835. The fourth-order valence-corrected chi connectivity index (χ4v) is 1.81. The zero-order valence-corrected chi connectivity index (χ0v) is 12.8. The van der Waals surface area contributed by atoms with Crippen LogP contribution in [0.4, 0.5) is 11.5 Å². The number of fused-ring (bicyclic) bond motifs is 1. The third kappa shape index (κ3) is 3.26. The minimum atomic E-state index is -0.408. The van der Waals surface area contributed by atoms with Gasteiger partial charge < -0.3 is 5.32 Å². The van der Waals surface area contributed by atoms with Crippen LogP contribution in [-0.4, -0.2) is 21.4 Å². The van der Waals surface area contributed by atoms with Crippen molar-refractivity contribution in [3.8, 4) is 0 Å². The second-order valence-corrected chi connectivity index (χ2v) is 6.18. The topological polar surface area (TPSA) is 81.0 Å². The Morgan fingerprint density at radius 1 is 1.33 bits per heavy atom. The Kier molecular flexibility index (Phi) is 4.06. The van der Waals surface area contributed by atoms with Crippen molar-refractivity contribution < 1.29 is 4.92 Å². The van der Waals surface area contributed by atoms with Gasteiger partial charge in [0, 0.05) is 24.1 Å². The molecule has 0 atom stereocenters. The molecule has 1 N–H and O–H groups in total. The SMILES string of the molecule is CC(C)C(C)(C)CNc1ncnc2ccc([N+](=O)[O-])cc12. The summed E-state index contributed by atoms with van der Waals surface area (Å²) < 4.78 is 0. The number of hydrogen-bond donors (Lipinski definition) is 1. The smallest absolute Gasteiger partial charge is 0.270 e. The molecule has 0 saturated carbocycles. The second kappa shape index (κ2) is 5.63. The predicted octanol–water partition coefficient (Wildman–Crippen LogP) is 3.63. The summed E-state index contributed by atoms with van der Waals surface area (Å²) in [6.07, 6.45) is 1.47. The van der Waals surface area contributed by atoms with Gasteiger partial charge in [-0.2, -0.15) is 0 Å². The molecule has 1 aromatic carbocycles. The van der Waals surface area contributed by atoms with Crippen LogP contribution in [-0.2, 0) is 0 Å². The first-order valence-corrected chi connectivity index (χ1v) is 6.94. The van der Waals surface area contributed by atoms with Gasteiger partial charge in [0.15, 0.2) is 0 Å². The number of nitrogens with zero attached hydrogens (tertiary/aromatic N) is 3. The number of benzene rings is 1. The van der Waals surface area contributed by atoms with Gasteiger partial charge in [0.1, 0.15) is 12.1 Å². The Morgan fingerprint density at radius 3 is 2.67 bits per heavy atom. The standard InChI is InChI=1S/C15H20N4O2/c1-10(2)15(3,4)8-16-14-12-7-11(19(20)21)5-6-13(12)17-9-18-14/h5-7,9-10H,8H2,1-4H3,(H,16,17,18).